The second-order valence-electron chi connectivity index (χ2n) is 2.50. The van der Waals surface area contributed by atoms with E-state index in [1.54, 1.807) is 12.5 Å². The summed E-state index contributed by atoms with van der Waals surface area (Å²) in [6.07, 6.45) is 3.29. The van der Waals surface area contributed by atoms with Gasteiger partial charge in [-0.3, -0.25) is 0 Å². The molecule has 2 rings (SSSR count). The van der Waals surface area contributed by atoms with Crippen molar-refractivity contribution in [2.24, 2.45) is 0 Å². The van der Waals surface area contributed by atoms with Gasteiger partial charge in [-0.1, -0.05) is 0 Å². The summed E-state index contributed by atoms with van der Waals surface area (Å²) in [7, 11) is 0. The van der Waals surface area contributed by atoms with Crippen molar-refractivity contribution in [3.63, 3.8) is 0 Å². The summed E-state index contributed by atoms with van der Waals surface area (Å²) >= 11 is 1.20. The fraction of sp³-hybridized carbons (Fsp3) is 0.250. The van der Waals surface area contributed by atoms with E-state index < -0.39 is 0 Å². The van der Waals surface area contributed by atoms with Crippen LogP contribution in [0.3, 0.4) is 0 Å². The first-order chi connectivity index (χ1) is 6.42. The lowest BCUT2D eigenvalue weighted by atomic mass is 10.2. The summed E-state index contributed by atoms with van der Waals surface area (Å²) in [6, 6.07) is 1.87. The third-order valence-electron chi connectivity index (χ3n) is 1.63. The molecule has 0 bridgehead atoms. The lowest BCUT2D eigenvalue weighted by Gasteiger charge is -1.98. The van der Waals surface area contributed by atoms with Crippen molar-refractivity contribution < 1.29 is 4.42 Å². The van der Waals surface area contributed by atoms with Crippen LogP contribution in [0.4, 0.5) is 5.82 Å². The van der Waals surface area contributed by atoms with E-state index >= 15 is 0 Å². The van der Waals surface area contributed by atoms with Crippen LogP contribution in [0.1, 0.15) is 6.92 Å². The smallest absolute Gasteiger partial charge is 0.168 e. The van der Waals surface area contributed by atoms with E-state index in [4.69, 9.17) is 4.42 Å². The van der Waals surface area contributed by atoms with Crippen molar-refractivity contribution in [1.82, 2.24) is 8.75 Å². The van der Waals surface area contributed by atoms with E-state index in [-0.39, 0.29) is 0 Å². The molecule has 5 heteroatoms. The summed E-state index contributed by atoms with van der Waals surface area (Å²) in [6.45, 7) is 2.87. The first-order valence-corrected chi connectivity index (χ1v) is 4.74. The Kier molecular flexibility index (Phi) is 2.27. The summed E-state index contributed by atoms with van der Waals surface area (Å²) in [5, 5.41) is 3.14. The molecule has 68 valence electrons. The molecule has 2 aromatic rings. The number of anilines is 1. The van der Waals surface area contributed by atoms with E-state index in [2.05, 4.69) is 14.1 Å². The second-order valence-corrected chi connectivity index (χ2v) is 3.03. The molecule has 0 aliphatic rings. The summed E-state index contributed by atoms with van der Waals surface area (Å²) in [5.41, 5.74) is 1.82. The monoisotopic (exact) mass is 195 g/mol. The average Bonchev–Trinajstić information content (AvgIpc) is 2.71. The Morgan fingerprint density at radius 2 is 2.46 bits per heavy atom. The maximum Gasteiger partial charge on any atom is 0.168 e. The van der Waals surface area contributed by atoms with Crippen molar-refractivity contribution in [2.45, 2.75) is 6.92 Å². The molecule has 0 spiro atoms. The minimum absolute atomic E-state index is 0.828. The molecule has 0 atom stereocenters. The Morgan fingerprint density at radius 1 is 1.54 bits per heavy atom. The molecule has 0 amide bonds. The molecule has 0 saturated heterocycles. The highest BCUT2D eigenvalue weighted by Crippen LogP contribution is 2.25. The molecular weight excluding hydrogens is 186 g/mol. The quantitative estimate of drug-likeness (QED) is 0.816. The third-order valence-corrected chi connectivity index (χ3v) is 2.16. The lowest BCUT2D eigenvalue weighted by molar-refractivity contribution is 0.568. The van der Waals surface area contributed by atoms with Crippen LogP contribution in [0.2, 0.25) is 0 Å². The van der Waals surface area contributed by atoms with Gasteiger partial charge in [0.15, 0.2) is 5.82 Å². The highest BCUT2D eigenvalue weighted by molar-refractivity contribution is 6.99. The van der Waals surface area contributed by atoms with Gasteiger partial charge in [0.2, 0.25) is 0 Å². The molecule has 2 heterocycles. The topological polar surface area (TPSA) is 51.0 Å². The molecule has 0 aliphatic heterocycles. The number of furan rings is 1. The molecular formula is C8H9N3OS. The molecule has 4 nitrogen and oxygen atoms in total. The molecule has 1 N–H and O–H groups in total. The summed E-state index contributed by atoms with van der Waals surface area (Å²) in [4.78, 5) is 0. The highest BCUT2D eigenvalue weighted by atomic mass is 32.1. The Morgan fingerprint density at radius 3 is 3.15 bits per heavy atom. The van der Waals surface area contributed by atoms with Crippen molar-refractivity contribution >= 4 is 17.5 Å². The molecule has 13 heavy (non-hydrogen) atoms. The molecule has 2 aromatic heterocycles. The third kappa shape index (κ3) is 1.55. The second kappa shape index (κ2) is 3.57. The number of nitrogens with one attached hydrogen (secondary N) is 1. The summed E-state index contributed by atoms with van der Waals surface area (Å²) < 4.78 is 13.3. The Labute approximate surface area is 79.9 Å². The SMILES string of the molecule is CCNc1nsnc1-c1ccoc1. The molecule has 0 radical (unpaired) electrons. The van der Waals surface area contributed by atoms with Gasteiger partial charge < -0.3 is 9.73 Å². The highest BCUT2D eigenvalue weighted by Gasteiger charge is 2.09. The molecule has 0 aliphatic carbocycles. The molecule has 0 unspecified atom stereocenters. The minimum atomic E-state index is 0.828. The van der Waals surface area contributed by atoms with Gasteiger partial charge in [0.05, 0.1) is 24.3 Å². The zero-order valence-electron chi connectivity index (χ0n) is 7.15. The number of aromatic nitrogens is 2. The van der Waals surface area contributed by atoms with Gasteiger partial charge in [-0.2, -0.15) is 8.75 Å². The van der Waals surface area contributed by atoms with Gasteiger partial charge in [0, 0.05) is 12.1 Å². The van der Waals surface area contributed by atoms with E-state index in [0.717, 1.165) is 23.6 Å². The molecule has 0 saturated carbocycles. The number of nitrogens with zero attached hydrogens (tertiary/aromatic N) is 2. The normalized spacial score (nSPS) is 10.2. The van der Waals surface area contributed by atoms with E-state index in [9.17, 15) is 0 Å². The van der Waals surface area contributed by atoms with Crippen molar-refractivity contribution in [1.29, 1.82) is 0 Å². The van der Waals surface area contributed by atoms with E-state index in [1.165, 1.54) is 11.7 Å². The first kappa shape index (κ1) is 8.25. The van der Waals surface area contributed by atoms with Gasteiger partial charge in [0.25, 0.3) is 0 Å². The largest absolute Gasteiger partial charge is 0.472 e. The van der Waals surface area contributed by atoms with E-state index in [0.29, 0.717) is 0 Å². The van der Waals surface area contributed by atoms with Crippen LogP contribution in [-0.2, 0) is 0 Å². The lowest BCUT2D eigenvalue weighted by Crippen LogP contribution is -1.97. The standard InChI is InChI=1S/C8H9N3OS/c1-2-9-8-7(10-13-11-8)6-3-4-12-5-6/h3-5H,2H2,1H3,(H,9,11). The Bertz CT molecular complexity index is 368. The van der Waals surface area contributed by atoms with Crippen LogP contribution in [0, 0.1) is 0 Å². The van der Waals surface area contributed by atoms with Crippen molar-refractivity contribution in [2.75, 3.05) is 11.9 Å². The predicted octanol–water partition coefficient (Wildman–Crippen LogP) is 2.23. The van der Waals surface area contributed by atoms with Gasteiger partial charge >= 0.3 is 0 Å². The molecule has 0 aromatic carbocycles. The maximum atomic E-state index is 4.98. The van der Waals surface area contributed by atoms with Crippen molar-refractivity contribution in [3.05, 3.63) is 18.6 Å². The van der Waals surface area contributed by atoms with Crippen LogP contribution in [0.25, 0.3) is 11.3 Å². The zero-order valence-corrected chi connectivity index (χ0v) is 7.97. The number of hydrogen-bond acceptors (Lipinski definition) is 5. The summed E-state index contributed by atoms with van der Waals surface area (Å²) in [5.74, 6) is 0.828. The van der Waals surface area contributed by atoms with Crippen molar-refractivity contribution in [3.8, 4) is 11.3 Å². The first-order valence-electron chi connectivity index (χ1n) is 4.01. The average molecular weight is 195 g/mol. The van der Waals surface area contributed by atoms with Crippen LogP contribution >= 0.6 is 11.7 Å². The molecule has 0 fully saturated rings. The van der Waals surface area contributed by atoms with Gasteiger partial charge in [-0.15, -0.1) is 0 Å². The van der Waals surface area contributed by atoms with E-state index in [1.807, 2.05) is 13.0 Å². The maximum absolute atomic E-state index is 4.98. The van der Waals surface area contributed by atoms with Crippen LogP contribution in [0.15, 0.2) is 23.0 Å². The Hall–Kier alpha value is -1.36. The zero-order chi connectivity index (χ0) is 9.10. The predicted molar refractivity (Wildman–Crippen MR) is 51.8 cm³/mol. The minimum Gasteiger partial charge on any atom is -0.472 e. The number of hydrogen-bond donors (Lipinski definition) is 1. The van der Waals surface area contributed by atoms with Crippen LogP contribution in [-0.4, -0.2) is 15.3 Å². The van der Waals surface area contributed by atoms with Crippen LogP contribution < -0.4 is 5.32 Å². The van der Waals surface area contributed by atoms with Gasteiger partial charge in [-0.05, 0) is 13.0 Å². The van der Waals surface area contributed by atoms with Gasteiger partial charge in [-0.25, -0.2) is 0 Å². The number of rotatable bonds is 3. The van der Waals surface area contributed by atoms with Gasteiger partial charge in [0.1, 0.15) is 5.69 Å². The van der Waals surface area contributed by atoms with Crippen LogP contribution in [0.5, 0.6) is 0 Å². The fourth-order valence-corrected chi connectivity index (χ4v) is 1.61. The fourth-order valence-electron chi connectivity index (χ4n) is 1.06. The Balaban J connectivity index is 2.35.